The van der Waals surface area contributed by atoms with Gasteiger partial charge >= 0.3 is 0 Å². The van der Waals surface area contributed by atoms with Crippen LogP contribution < -0.4 is 0 Å². The monoisotopic (exact) mass is 415 g/mol. The van der Waals surface area contributed by atoms with E-state index in [1.165, 1.54) is 0 Å². The molecule has 6 nitrogen and oxygen atoms in total. The average molecular weight is 416 g/mol. The number of likely N-dealkylation sites (tertiary alicyclic amines) is 2. The lowest BCUT2D eigenvalue weighted by Gasteiger charge is -2.34. The zero-order chi connectivity index (χ0) is 20.6. The molecule has 0 aromatic heterocycles. The van der Waals surface area contributed by atoms with E-state index in [0.29, 0.717) is 35.8 Å². The Morgan fingerprint density at radius 2 is 1.69 bits per heavy atom. The number of hydrogen-bond donors (Lipinski definition) is 0. The number of hydrogen-bond acceptors (Lipinski definition) is 4. The summed E-state index contributed by atoms with van der Waals surface area (Å²) in [6, 6.07) is 7.58. The van der Waals surface area contributed by atoms with Gasteiger partial charge in [0.1, 0.15) is 10.7 Å². The van der Waals surface area contributed by atoms with Gasteiger partial charge in [0.25, 0.3) is 10.0 Å². The fraction of sp³-hybridized carbons (Fsp3) is 0.545. The highest BCUT2D eigenvalue weighted by Crippen LogP contribution is 2.36. The Morgan fingerprint density at radius 3 is 2.28 bits per heavy atom. The Labute approximate surface area is 173 Å². The maximum Gasteiger partial charge on any atom is 0.285 e. The van der Waals surface area contributed by atoms with Crippen LogP contribution in [0.15, 0.2) is 34.2 Å². The summed E-state index contributed by atoms with van der Waals surface area (Å²) in [5.41, 5.74) is 2.58. The highest BCUT2D eigenvalue weighted by molar-refractivity contribution is 8.00. The predicted molar refractivity (Wildman–Crippen MR) is 115 cm³/mol. The maximum absolute atomic E-state index is 12.9. The van der Waals surface area contributed by atoms with Gasteiger partial charge in [0.2, 0.25) is 5.91 Å². The maximum atomic E-state index is 12.9. The molecule has 1 amide bonds. The molecule has 0 bridgehead atoms. The van der Waals surface area contributed by atoms with Crippen LogP contribution in [0.3, 0.4) is 0 Å². The molecular weight excluding hydrogens is 386 g/mol. The first-order chi connectivity index (χ1) is 13.9. The third-order valence-electron chi connectivity index (χ3n) is 6.24. The molecule has 2 fully saturated rings. The third kappa shape index (κ3) is 3.84. The van der Waals surface area contributed by atoms with E-state index in [4.69, 9.17) is 0 Å². The van der Waals surface area contributed by atoms with Crippen LogP contribution in [0.1, 0.15) is 50.2 Å². The van der Waals surface area contributed by atoms with Gasteiger partial charge in [-0.1, -0.05) is 36.8 Å². The van der Waals surface area contributed by atoms with Crippen LogP contribution >= 0.6 is 0 Å². The lowest BCUT2D eigenvalue weighted by Crippen LogP contribution is -2.44. The molecule has 0 unspecified atom stereocenters. The Morgan fingerprint density at radius 1 is 1.07 bits per heavy atom. The molecule has 29 heavy (non-hydrogen) atoms. The Bertz CT molecular complexity index is 950. The molecule has 3 aliphatic heterocycles. The minimum absolute atomic E-state index is 0.0496. The van der Waals surface area contributed by atoms with E-state index in [2.05, 4.69) is 9.30 Å². The lowest BCUT2D eigenvalue weighted by molar-refractivity contribution is -0.135. The Kier molecular flexibility index (Phi) is 5.51. The number of nitrogens with zero attached hydrogens (tertiary/aromatic N) is 3. The Balaban J connectivity index is 1.54. The molecule has 2 saturated heterocycles. The molecule has 0 saturated carbocycles. The summed E-state index contributed by atoms with van der Waals surface area (Å²) >= 11 is 0. The molecule has 3 heterocycles. The van der Waals surface area contributed by atoms with E-state index in [1.807, 2.05) is 43.0 Å². The summed E-state index contributed by atoms with van der Waals surface area (Å²) < 4.78 is 29.9. The van der Waals surface area contributed by atoms with Gasteiger partial charge in [-0.15, -0.1) is 4.40 Å². The fourth-order valence-electron chi connectivity index (χ4n) is 4.60. The standard InChI is InChI=1S/C22H29N3O3S/c1-3-19-20(17-8-6-16(2)7-9-17)29(27,28)23-21(19)24-14-10-18(11-15-24)22(26)25-12-4-5-13-25/h6-9,18H,3-5,10-15H2,1-2H3. The highest BCUT2D eigenvalue weighted by atomic mass is 32.2. The number of amidine groups is 1. The first-order valence-corrected chi connectivity index (χ1v) is 12.0. The molecule has 0 atom stereocenters. The van der Waals surface area contributed by atoms with Gasteiger partial charge in [-0.25, -0.2) is 0 Å². The largest absolute Gasteiger partial charge is 0.356 e. The average Bonchev–Trinajstić information content (AvgIpc) is 3.34. The number of benzene rings is 1. The lowest BCUT2D eigenvalue weighted by atomic mass is 9.94. The molecule has 156 valence electrons. The minimum atomic E-state index is -3.70. The molecule has 1 aromatic carbocycles. The fourth-order valence-corrected chi connectivity index (χ4v) is 6.13. The van der Waals surface area contributed by atoms with Crippen molar-refractivity contribution in [2.45, 2.75) is 46.0 Å². The molecule has 0 radical (unpaired) electrons. The second kappa shape index (κ2) is 7.94. The summed E-state index contributed by atoms with van der Waals surface area (Å²) in [6.45, 7) is 7.06. The quantitative estimate of drug-likeness (QED) is 0.760. The van der Waals surface area contributed by atoms with Gasteiger partial charge in [-0.2, -0.15) is 8.42 Å². The number of aryl methyl sites for hydroxylation is 1. The van der Waals surface area contributed by atoms with E-state index in [0.717, 1.165) is 49.9 Å². The first kappa shape index (κ1) is 20.1. The van der Waals surface area contributed by atoms with Gasteiger partial charge in [-0.05, 0) is 44.6 Å². The van der Waals surface area contributed by atoms with E-state index in [9.17, 15) is 13.2 Å². The Hall–Kier alpha value is -2.15. The second-order valence-corrected chi connectivity index (χ2v) is 9.75. The molecule has 0 spiro atoms. The molecule has 3 aliphatic rings. The van der Waals surface area contributed by atoms with Crippen LogP contribution in [-0.4, -0.2) is 56.1 Å². The van der Waals surface area contributed by atoms with E-state index < -0.39 is 10.0 Å². The highest BCUT2D eigenvalue weighted by Gasteiger charge is 2.37. The smallest absolute Gasteiger partial charge is 0.285 e. The van der Waals surface area contributed by atoms with Crippen molar-refractivity contribution in [1.29, 1.82) is 0 Å². The normalized spacial score (nSPS) is 22.3. The molecule has 1 aromatic rings. The first-order valence-electron chi connectivity index (χ1n) is 10.6. The zero-order valence-corrected chi connectivity index (χ0v) is 18.0. The van der Waals surface area contributed by atoms with Crippen molar-refractivity contribution >= 4 is 26.7 Å². The van der Waals surface area contributed by atoms with Crippen LogP contribution in [-0.2, 0) is 14.8 Å². The van der Waals surface area contributed by atoms with Crippen LogP contribution in [0.4, 0.5) is 0 Å². The van der Waals surface area contributed by atoms with Crippen LogP contribution in [0.5, 0.6) is 0 Å². The zero-order valence-electron chi connectivity index (χ0n) is 17.2. The topological polar surface area (TPSA) is 70.0 Å². The number of carbonyl (C=O) groups is 1. The third-order valence-corrected chi connectivity index (χ3v) is 7.65. The number of amides is 1. The van der Waals surface area contributed by atoms with Gasteiger partial charge in [0, 0.05) is 37.7 Å². The van der Waals surface area contributed by atoms with E-state index >= 15 is 0 Å². The molecule has 4 rings (SSSR count). The van der Waals surface area contributed by atoms with Crippen molar-refractivity contribution in [3.63, 3.8) is 0 Å². The molecule has 7 heteroatoms. The van der Waals surface area contributed by atoms with Crippen LogP contribution in [0.2, 0.25) is 0 Å². The second-order valence-electron chi connectivity index (χ2n) is 8.21. The van der Waals surface area contributed by atoms with Crippen molar-refractivity contribution in [1.82, 2.24) is 9.80 Å². The number of carbonyl (C=O) groups excluding carboxylic acids is 1. The van der Waals surface area contributed by atoms with Gasteiger partial charge < -0.3 is 9.80 Å². The summed E-state index contributed by atoms with van der Waals surface area (Å²) in [5.74, 6) is 0.901. The minimum Gasteiger partial charge on any atom is -0.356 e. The number of sulfonamides is 1. The summed E-state index contributed by atoms with van der Waals surface area (Å²) in [7, 11) is -3.70. The number of rotatable bonds is 3. The number of piperidine rings is 1. The van der Waals surface area contributed by atoms with Gasteiger partial charge in [-0.3, -0.25) is 4.79 Å². The van der Waals surface area contributed by atoms with Crippen molar-refractivity contribution in [3.05, 3.63) is 41.0 Å². The summed E-state index contributed by atoms with van der Waals surface area (Å²) in [4.78, 5) is 17.1. The van der Waals surface area contributed by atoms with E-state index in [-0.39, 0.29) is 11.8 Å². The van der Waals surface area contributed by atoms with Gasteiger partial charge in [0.15, 0.2) is 0 Å². The molecule has 0 aliphatic carbocycles. The van der Waals surface area contributed by atoms with Crippen molar-refractivity contribution < 1.29 is 13.2 Å². The van der Waals surface area contributed by atoms with Crippen molar-refractivity contribution in [3.8, 4) is 0 Å². The van der Waals surface area contributed by atoms with Gasteiger partial charge in [0.05, 0.1) is 0 Å². The van der Waals surface area contributed by atoms with Crippen LogP contribution in [0.25, 0.3) is 4.91 Å². The van der Waals surface area contributed by atoms with Crippen molar-refractivity contribution in [2.24, 2.45) is 10.3 Å². The summed E-state index contributed by atoms with van der Waals surface area (Å²) in [6.07, 6.45) is 4.32. The SMILES string of the molecule is CCC1=C(c2ccc(C)cc2)S(=O)(=O)N=C1N1CCC(C(=O)N2CCCC2)CC1. The van der Waals surface area contributed by atoms with E-state index in [1.54, 1.807) is 0 Å². The van der Waals surface area contributed by atoms with Crippen molar-refractivity contribution in [2.75, 3.05) is 26.2 Å². The predicted octanol–water partition coefficient (Wildman–Crippen LogP) is 3.19. The van der Waals surface area contributed by atoms with Crippen LogP contribution in [0, 0.1) is 12.8 Å². The molecular formula is C22H29N3O3S. The molecule has 0 N–H and O–H groups in total. The summed E-state index contributed by atoms with van der Waals surface area (Å²) in [5, 5.41) is 0.